The summed E-state index contributed by atoms with van der Waals surface area (Å²) in [6.07, 6.45) is -4.64. The van der Waals surface area contributed by atoms with E-state index < -0.39 is 35.4 Å². The topological polar surface area (TPSA) is 26.3 Å². The van der Waals surface area contributed by atoms with Crippen LogP contribution >= 0.6 is 0 Å². The van der Waals surface area contributed by atoms with Gasteiger partial charge in [-0.2, -0.15) is 22.0 Å². The van der Waals surface area contributed by atoms with E-state index >= 15 is 0 Å². The average molecular weight is 282 g/mol. The second-order valence-corrected chi connectivity index (χ2v) is 3.76. The van der Waals surface area contributed by atoms with Crippen molar-refractivity contribution >= 4 is 5.78 Å². The Hall–Kier alpha value is -1.66. The molecule has 0 saturated carbocycles. The van der Waals surface area contributed by atoms with E-state index in [9.17, 15) is 26.7 Å². The van der Waals surface area contributed by atoms with Crippen LogP contribution in [-0.4, -0.2) is 12.4 Å². The van der Waals surface area contributed by atoms with Crippen molar-refractivity contribution in [1.29, 1.82) is 0 Å². The molecule has 0 bridgehead atoms. The molecule has 0 spiro atoms. The molecule has 1 rings (SSSR count). The summed E-state index contributed by atoms with van der Waals surface area (Å²) >= 11 is 0. The van der Waals surface area contributed by atoms with Crippen molar-refractivity contribution in [2.45, 2.75) is 33.1 Å². The van der Waals surface area contributed by atoms with Gasteiger partial charge in [-0.25, -0.2) is 0 Å². The van der Waals surface area contributed by atoms with Crippen LogP contribution in [0.5, 0.6) is 5.75 Å². The van der Waals surface area contributed by atoms with Crippen LogP contribution in [-0.2, 0) is 12.6 Å². The van der Waals surface area contributed by atoms with Gasteiger partial charge in [0.05, 0.1) is 11.1 Å². The predicted molar refractivity (Wildman–Crippen MR) is 57.5 cm³/mol. The highest BCUT2D eigenvalue weighted by atomic mass is 19.4. The van der Waals surface area contributed by atoms with E-state index in [-0.39, 0.29) is 12.0 Å². The van der Waals surface area contributed by atoms with Gasteiger partial charge in [0.2, 0.25) is 0 Å². The van der Waals surface area contributed by atoms with Crippen molar-refractivity contribution in [2.24, 2.45) is 0 Å². The zero-order valence-electron chi connectivity index (χ0n) is 10.1. The average Bonchev–Trinajstić information content (AvgIpc) is 2.25. The fourth-order valence-electron chi connectivity index (χ4n) is 1.71. The molecule has 0 N–H and O–H groups in total. The molecule has 0 amide bonds. The lowest BCUT2D eigenvalue weighted by Gasteiger charge is -2.18. The number of hydrogen-bond donors (Lipinski definition) is 0. The highest BCUT2D eigenvalue weighted by Crippen LogP contribution is 2.38. The summed E-state index contributed by atoms with van der Waals surface area (Å²) in [5.41, 5.74) is -2.00. The zero-order chi connectivity index (χ0) is 14.8. The number of alkyl halides is 5. The van der Waals surface area contributed by atoms with Gasteiger partial charge in [-0.05, 0) is 25.0 Å². The fourth-order valence-corrected chi connectivity index (χ4v) is 1.71. The smallest absolute Gasteiger partial charge is 0.417 e. The molecule has 106 valence electrons. The summed E-state index contributed by atoms with van der Waals surface area (Å²) in [5, 5.41) is 0. The zero-order valence-corrected chi connectivity index (χ0v) is 10.1. The van der Waals surface area contributed by atoms with Crippen molar-refractivity contribution in [3.63, 3.8) is 0 Å². The minimum absolute atomic E-state index is 0.124. The Labute approximate surface area is 106 Å². The minimum atomic E-state index is -4.81. The van der Waals surface area contributed by atoms with E-state index in [1.807, 2.05) is 0 Å². The maximum atomic E-state index is 12.8. The Morgan fingerprint density at radius 1 is 1.32 bits per heavy atom. The lowest BCUT2D eigenvalue weighted by molar-refractivity contribution is -0.138. The highest BCUT2D eigenvalue weighted by molar-refractivity contribution is 5.99. The fraction of sp³-hybridized carbons (Fsp3) is 0.417. The van der Waals surface area contributed by atoms with Crippen LogP contribution in [0.4, 0.5) is 22.0 Å². The van der Waals surface area contributed by atoms with Gasteiger partial charge in [0.1, 0.15) is 5.75 Å². The maximum Gasteiger partial charge on any atom is 0.417 e. The highest BCUT2D eigenvalue weighted by Gasteiger charge is 2.37. The molecule has 0 aliphatic carbocycles. The summed E-state index contributed by atoms with van der Waals surface area (Å²) in [7, 11) is 0. The first-order valence-corrected chi connectivity index (χ1v) is 5.37. The van der Waals surface area contributed by atoms with Crippen LogP contribution < -0.4 is 4.74 Å². The number of rotatable bonds is 4. The molecule has 0 heterocycles. The van der Waals surface area contributed by atoms with Gasteiger partial charge in [0.25, 0.3) is 0 Å². The first kappa shape index (κ1) is 15.4. The third-order valence-electron chi connectivity index (χ3n) is 2.48. The quantitative estimate of drug-likeness (QED) is 0.614. The molecule has 0 aliphatic heterocycles. The number of halogens is 5. The lowest BCUT2D eigenvalue weighted by atomic mass is 9.97. The monoisotopic (exact) mass is 282 g/mol. The van der Waals surface area contributed by atoms with E-state index in [4.69, 9.17) is 0 Å². The molecule has 0 aromatic heterocycles. The SMILES string of the molecule is CCc1ccc(C(F)(F)F)c(C(C)=O)c1OC(F)F. The number of Topliss-reactive ketones (excluding diaryl/α,β-unsaturated/α-hetero) is 1. The van der Waals surface area contributed by atoms with E-state index in [1.165, 1.54) is 0 Å². The number of ketones is 1. The molecule has 0 saturated heterocycles. The third kappa shape index (κ3) is 3.42. The van der Waals surface area contributed by atoms with Crippen molar-refractivity contribution in [3.8, 4) is 5.75 Å². The van der Waals surface area contributed by atoms with Gasteiger partial charge in [-0.15, -0.1) is 0 Å². The van der Waals surface area contributed by atoms with Gasteiger partial charge < -0.3 is 4.74 Å². The molecule has 0 atom stereocenters. The molecule has 0 aliphatic rings. The van der Waals surface area contributed by atoms with Crippen molar-refractivity contribution in [2.75, 3.05) is 0 Å². The van der Waals surface area contributed by atoms with Crippen LogP contribution in [0.1, 0.15) is 35.3 Å². The standard InChI is InChI=1S/C12H11F5O2/c1-3-7-4-5-8(12(15,16)17)9(6(2)18)10(7)19-11(13)14/h4-5,11H,3H2,1-2H3. The van der Waals surface area contributed by atoms with Crippen LogP contribution in [0.2, 0.25) is 0 Å². The van der Waals surface area contributed by atoms with Gasteiger partial charge in [-0.3, -0.25) is 4.79 Å². The molecular formula is C12H11F5O2. The molecule has 0 unspecified atom stereocenters. The van der Waals surface area contributed by atoms with Crippen LogP contribution in [0.3, 0.4) is 0 Å². The maximum absolute atomic E-state index is 12.8. The summed E-state index contributed by atoms with van der Waals surface area (Å²) in [6.45, 7) is -0.861. The van der Waals surface area contributed by atoms with Gasteiger partial charge in [0.15, 0.2) is 5.78 Å². The normalized spacial score (nSPS) is 11.8. The van der Waals surface area contributed by atoms with Gasteiger partial charge >= 0.3 is 12.8 Å². The largest absolute Gasteiger partial charge is 0.434 e. The van der Waals surface area contributed by atoms with Crippen molar-refractivity contribution in [3.05, 3.63) is 28.8 Å². The molecule has 7 heteroatoms. The Bertz CT molecular complexity index is 480. The molecular weight excluding hydrogens is 271 g/mol. The van der Waals surface area contributed by atoms with E-state index in [1.54, 1.807) is 6.92 Å². The lowest BCUT2D eigenvalue weighted by Crippen LogP contribution is -2.16. The Morgan fingerprint density at radius 2 is 1.89 bits per heavy atom. The van der Waals surface area contributed by atoms with E-state index in [0.717, 1.165) is 13.0 Å². The molecule has 19 heavy (non-hydrogen) atoms. The molecule has 0 radical (unpaired) electrons. The van der Waals surface area contributed by atoms with E-state index in [2.05, 4.69) is 4.74 Å². The molecule has 1 aromatic carbocycles. The van der Waals surface area contributed by atoms with Gasteiger partial charge in [0, 0.05) is 0 Å². The van der Waals surface area contributed by atoms with Crippen LogP contribution in [0.15, 0.2) is 12.1 Å². The second kappa shape index (κ2) is 5.54. The second-order valence-electron chi connectivity index (χ2n) is 3.76. The number of aryl methyl sites for hydroxylation is 1. The predicted octanol–water partition coefficient (Wildman–Crippen LogP) is 4.07. The van der Waals surface area contributed by atoms with Crippen LogP contribution in [0, 0.1) is 0 Å². The number of hydrogen-bond acceptors (Lipinski definition) is 2. The summed E-state index contributed by atoms with van der Waals surface area (Å²) in [4.78, 5) is 11.4. The minimum Gasteiger partial charge on any atom is -0.434 e. The van der Waals surface area contributed by atoms with Gasteiger partial charge in [-0.1, -0.05) is 13.0 Å². The molecule has 1 aromatic rings. The van der Waals surface area contributed by atoms with Crippen LogP contribution in [0.25, 0.3) is 0 Å². The summed E-state index contributed by atoms with van der Waals surface area (Å²) in [6, 6.07) is 1.74. The third-order valence-corrected chi connectivity index (χ3v) is 2.48. The summed E-state index contributed by atoms with van der Waals surface area (Å²) < 4.78 is 67.0. The first-order valence-electron chi connectivity index (χ1n) is 5.37. The number of ether oxygens (including phenoxy) is 1. The number of carbonyl (C=O) groups is 1. The summed E-state index contributed by atoms with van der Waals surface area (Å²) in [5.74, 6) is -1.67. The Morgan fingerprint density at radius 3 is 2.26 bits per heavy atom. The van der Waals surface area contributed by atoms with E-state index in [0.29, 0.717) is 6.07 Å². The Balaban J connectivity index is 3.58. The van der Waals surface area contributed by atoms with Crippen molar-refractivity contribution < 1.29 is 31.5 Å². The van der Waals surface area contributed by atoms with Crippen molar-refractivity contribution in [1.82, 2.24) is 0 Å². The Kier molecular flexibility index (Phi) is 4.49. The number of carbonyl (C=O) groups excluding carboxylic acids is 1. The first-order chi connectivity index (χ1) is 8.68. The molecule has 0 fully saturated rings. The number of benzene rings is 1. The molecule has 2 nitrogen and oxygen atoms in total.